The molecule has 1 aliphatic rings. The Bertz CT molecular complexity index is 1310. The van der Waals surface area contributed by atoms with E-state index in [1.165, 1.54) is 18.1 Å². The van der Waals surface area contributed by atoms with Gasteiger partial charge in [-0.25, -0.2) is 19.9 Å². The highest BCUT2D eigenvalue weighted by molar-refractivity contribution is 8.01. The molecule has 1 fully saturated rings. The summed E-state index contributed by atoms with van der Waals surface area (Å²) in [6.07, 6.45) is 4.52. The minimum Gasteiger partial charge on any atom is -0.497 e. The molecule has 11 heteroatoms. The molecular formula is C22H25N7O2S2. The highest BCUT2D eigenvalue weighted by Gasteiger charge is 2.23. The van der Waals surface area contributed by atoms with Crippen LogP contribution in [0.5, 0.6) is 5.75 Å². The number of hydrogen-bond donors (Lipinski definition) is 1. The third-order valence-corrected chi connectivity index (χ3v) is 8.19. The summed E-state index contributed by atoms with van der Waals surface area (Å²) in [7, 11) is 1.65. The number of hydrogen-bond acceptors (Lipinski definition) is 9. The fourth-order valence-electron chi connectivity index (χ4n) is 4.20. The first-order chi connectivity index (χ1) is 16.0. The van der Waals surface area contributed by atoms with E-state index in [0.29, 0.717) is 17.3 Å². The van der Waals surface area contributed by atoms with Crippen molar-refractivity contribution in [2.24, 2.45) is 5.92 Å². The Morgan fingerprint density at radius 3 is 2.85 bits per heavy atom. The fourth-order valence-corrected chi connectivity index (χ4v) is 6.26. The lowest BCUT2D eigenvalue weighted by Crippen LogP contribution is -2.37. The summed E-state index contributed by atoms with van der Waals surface area (Å²) in [5.74, 6) is 1.89. The second kappa shape index (κ2) is 9.14. The molecule has 1 saturated heterocycles. The first kappa shape index (κ1) is 21.9. The van der Waals surface area contributed by atoms with Crippen LogP contribution in [0, 0.1) is 5.92 Å². The van der Waals surface area contributed by atoms with Crippen LogP contribution in [-0.4, -0.2) is 55.5 Å². The van der Waals surface area contributed by atoms with Crippen molar-refractivity contribution in [3.8, 4) is 5.75 Å². The first-order valence-electron chi connectivity index (χ1n) is 10.9. The fraction of sp³-hybridized carbons (Fsp3) is 0.409. The molecule has 4 heterocycles. The molecule has 3 aromatic heterocycles. The van der Waals surface area contributed by atoms with Gasteiger partial charge in [-0.05, 0) is 49.1 Å². The van der Waals surface area contributed by atoms with Crippen LogP contribution in [0.1, 0.15) is 26.2 Å². The van der Waals surface area contributed by atoms with Gasteiger partial charge in [0.25, 0.3) is 0 Å². The molecule has 0 spiro atoms. The first-order valence-corrected chi connectivity index (χ1v) is 12.5. The minimum absolute atomic E-state index is 0.161. The number of nitrogen functional groups attached to an aromatic ring is 1. The molecule has 9 nitrogen and oxygen atoms in total. The van der Waals surface area contributed by atoms with Crippen LogP contribution in [0.4, 0.5) is 5.82 Å². The summed E-state index contributed by atoms with van der Waals surface area (Å²) < 4.78 is 9.44. The number of thiazole rings is 1. The third kappa shape index (κ3) is 4.47. The van der Waals surface area contributed by atoms with E-state index in [0.717, 1.165) is 70.0 Å². The number of carbonyl (C=O) groups excluding carboxylic acids is 1. The number of imidazole rings is 1. The maximum atomic E-state index is 11.6. The second-order valence-corrected chi connectivity index (χ2v) is 10.4. The number of likely N-dealkylation sites (tertiary alicyclic amines) is 1. The number of aromatic nitrogens is 5. The summed E-state index contributed by atoms with van der Waals surface area (Å²) in [4.78, 5) is 31.7. The van der Waals surface area contributed by atoms with E-state index in [1.807, 2.05) is 23.1 Å². The zero-order valence-electron chi connectivity index (χ0n) is 18.5. The number of aryl methyl sites for hydroxylation is 1. The van der Waals surface area contributed by atoms with Crippen molar-refractivity contribution in [2.45, 2.75) is 42.2 Å². The van der Waals surface area contributed by atoms with Crippen molar-refractivity contribution < 1.29 is 9.53 Å². The van der Waals surface area contributed by atoms with E-state index < -0.39 is 0 Å². The van der Waals surface area contributed by atoms with Gasteiger partial charge in [-0.15, -0.1) is 11.3 Å². The minimum atomic E-state index is 0.161. The van der Waals surface area contributed by atoms with Crippen molar-refractivity contribution in [1.29, 1.82) is 0 Å². The normalized spacial score (nSPS) is 14.9. The Labute approximate surface area is 199 Å². The highest BCUT2D eigenvalue weighted by atomic mass is 32.2. The molecule has 0 radical (unpaired) electrons. The Morgan fingerprint density at radius 1 is 1.27 bits per heavy atom. The van der Waals surface area contributed by atoms with Gasteiger partial charge in [0.1, 0.15) is 12.1 Å². The summed E-state index contributed by atoms with van der Waals surface area (Å²) >= 11 is 3.14. The van der Waals surface area contributed by atoms with Gasteiger partial charge in [0.05, 0.1) is 17.3 Å². The van der Waals surface area contributed by atoms with Crippen LogP contribution in [-0.2, 0) is 11.3 Å². The van der Waals surface area contributed by atoms with Gasteiger partial charge in [0.15, 0.2) is 26.5 Å². The number of fused-ring (bicyclic) bond motifs is 2. The number of amides is 1. The van der Waals surface area contributed by atoms with Crippen LogP contribution in [0.2, 0.25) is 0 Å². The maximum Gasteiger partial charge on any atom is 0.219 e. The summed E-state index contributed by atoms with van der Waals surface area (Å²) in [5, 5.41) is 0.810. The standard InChI is InChI=1S/C22H25N7O2S2/c1-13(30)28-8-5-14(6-9-28)7-10-29-20-18(19(23)24-12-25-20)27-21(29)33-22-26-16-11-15(31-2)3-4-17(16)32-22/h3-4,11-12,14H,5-10H2,1-2H3,(H2,23,24,25). The topological polar surface area (TPSA) is 112 Å². The predicted octanol–water partition coefficient (Wildman–Crippen LogP) is 3.83. The molecule has 33 heavy (non-hydrogen) atoms. The van der Waals surface area contributed by atoms with E-state index in [1.54, 1.807) is 25.4 Å². The van der Waals surface area contributed by atoms with Crippen molar-refractivity contribution >= 4 is 56.2 Å². The van der Waals surface area contributed by atoms with Gasteiger partial charge in [-0.2, -0.15) is 0 Å². The Balaban J connectivity index is 1.40. The molecule has 0 unspecified atom stereocenters. The van der Waals surface area contributed by atoms with Crippen molar-refractivity contribution in [2.75, 3.05) is 25.9 Å². The molecule has 4 aromatic rings. The van der Waals surface area contributed by atoms with Crippen molar-refractivity contribution in [1.82, 2.24) is 29.4 Å². The largest absolute Gasteiger partial charge is 0.497 e. The van der Waals surface area contributed by atoms with E-state index in [-0.39, 0.29) is 5.91 Å². The zero-order chi connectivity index (χ0) is 22.9. The molecule has 0 saturated carbocycles. The monoisotopic (exact) mass is 483 g/mol. The van der Waals surface area contributed by atoms with E-state index >= 15 is 0 Å². The molecule has 1 aromatic carbocycles. The van der Waals surface area contributed by atoms with Crippen LogP contribution in [0.15, 0.2) is 34.0 Å². The predicted molar refractivity (Wildman–Crippen MR) is 130 cm³/mol. The molecule has 172 valence electrons. The number of ether oxygens (including phenoxy) is 1. The summed E-state index contributed by atoms with van der Waals surface area (Å²) in [5.41, 5.74) is 8.37. The van der Waals surface area contributed by atoms with Gasteiger partial charge in [-0.1, -0.05) is 0 Å². The highest BCUT2D eigenvalue weighted by Crippen LogP contribution is 2.37. The Kier molecular flexibility index (Phi) is 6.07. The zero-order valence-corrected chi connectivity index (χ0v) is 20.2. The molecular weight excluding hydrogens is 458 g/mol. The Morgan fingerprint density at radius 2 is 2.09 bits per heavy atom. The summed E-state index contributed by atoms with van der Waals surface area (Å²) in [6, 6.07) is 5.91. The number of anilines is 1. The van der Waals surface area contributed by atoms with Crippen LogP contribution in [0.3, 0.4) is 0 Å². The molecule has 1 aliphatic heterocycles. The lowest BCUT2D eigenvalue weighted by Gasteiger charge is -2.31. The average molecular weight is 484 g/mol. The smallest absolute Gasteiger partial charge is 0.219 e. The van der Waals surface area contributed by atoms with Crippen LogP contribution in [0.25, 0.3) is 21.4 Å². The van der Waals surface area contributed by atoms with Crippen LogP contribution < -0.4 is 10.5 Å². The number of nitrogens with zero attached hydrogens (tertiary/aromatic N) is 6. The van der Waals surface area contributed by atoms with Gasteiger partial charge in [0, 0.05) is 32.6 Å². The number of benzene rings is 1. The molecule has 0 bridgehead atoms. The van der Waals surface area contributed by atoms with Gasteiger partial charge < -0.3 is 19.9 Å². The lowest BCUT2D eigenvalue weighted by molar-refractivity contribution is -0.130. The van der Waals surface area contributed by atoms with E-state index in [2.05, 4.69) is 14.5 Å². The second-order valence-electron chi connectivity index (χ2n) is 8.13. The lowest BCUT2D eigenvalue weighted by atomic mass is 9.93. The SMILES string of the molecule is COc1ccc2sc(Sc3nc4c(N)ncnc4n3CCC3CCN(C(C)=O)CC3)nc2c1. The molecule has 0 atom stereocenters. The average Bonchev–Trinajstić information content (AvgIpc) is 3.38. The maximum absolute atomic E-state index is 11.6. The van der Waals surface area contributed by atoms with Gasteiger partial charge >= 0.3 is 0 Å². The van der Waals surface area contributed by atoms with Gasteiger partial charge in [0.2, 0.25) is 5.91 Å². The van der Waals surface area contributed by atoms with Crippen LogP contribution >= 0.6 is 23.1 Å². The molecule has 2 N–H and O–H groups in total. The third-order valence-electron chi connectivity index (χ3n) is 6.10. The number of piperidine rings is 1. The van der Waals surface area contributed by atoms with Crippen molar-refractivity contribution in [3.63, 3.8) is 0 Å². The number of rotatable bonds is 6. The number of methoxy groups -OCH3 is 1. The molecule has 0 aliphatic carbocycles. The van der Waals surface area contributed by atoms with E-state index in [4.69, 9.17) is 20.4 Å². The van der Waals surface area contributed by atoms with E-state index in [9.17, 15) is 4.79 Å². The Hall–Kier alpha value is -2.92. The molecule has 5 rings (SSSR count). The quantitative estimate of drug-likeness (QED) is 0.440. The van der Waals surface area contributed by atoms with Gasteiger partial charge in [-0.3, -0.25) is 4.79 Å². The van der Waals surface area contributed by atoms with Crippen molar-refractivity contribution in [3.05, 3.63) is 24.5 Å². The number of nitrogens with two attached hydrogens (primary N) is 1. The number of carbonyl (C=O) groups is 1. The molecule has 1 amide bonds. The summed E-state index contributed by atoms with van der Waals surface area (Å²) in [6.45, 7) is 4.08.